The average molecular weight is 211 g/mol. The van der Waals surface area contributed by atoms with Crippen molar-refractivity contribution in [3.8, 4) is 0 Å². The van der Waals surface area contributed by atoms with Crippen LogP contribution in [0.5, 0.6) is 0 Å². The first-order chi connectivity index (χ1) is 7.22. The van der Waals surface area contributed by atoms with Gasteiger partial charge in [-0.15, -0.1) is 0 Å². The quantitative estimate of drug-likeness (QED) is 0.627. The molecule has 0 aromatic carbocycles. The number of hydrogen-bond acceptors (Lipinski definition) is 1. The lowest BCUT2D eigenvalue weighted by Crippen LogP contribution is -2.39. The predicted molar refractivity (Wildman–Crippen MR) is 68.2 cm³/mol. The Kier molecular flexibility index (Phi) is 6.31. The lowest BCUT2D eigenvalue weighted by molar-refractivity contribution is 0.152. The zero-order valence-corrected chi connectivity index (χ0v) is 11.0. The van der Waals surface area contributed by atoms with Crippen LogP contribution < -0.4 is 0 Å². The van der Waals surface area contributed by atoms with Gasteiger partial charge < -0.3 is 0 Å². The largest absolute Gasteiger partial charge is 0.298 e. The second-order valence-corrected chi connectivity index (χ2v) is 5.44. The Hall–Kier alpha value is -0.0400. The maximum absolute atomic E-state index is 2.70. The zero-order chi connectivity index (χ0) is 11.1. The van der Waals surface area contributed by atoms with Gasteiger partial charge in [0.25, 0.3) is 0 Å². The lowest BCUT2D eigenvalue weighted by Gasteiger charge is -2.32. The Morgan fingerprint density at radius 1 is 0.867 bits per heavy atom. The molecule has 0 bridgehead atoms. The summed E-state index contributed by atoms with van der Waals surface area (Å²) in [6.07, 6.45) is 11.5. The summed E-state index contributed by atoms with van der Waals surface area (Å²) in [7, 11) is 0. The van der Waals surface area contributed by atoms with Crippen LogP contribution in [-0.4, -0.2) is 23.5 Å². The molecule has 1 nitrogen and oxygen atoms in total. The minimum Gasteiger partial charge on any atom is -0.298 e. The number of hydrogen-bond donors (Lipinski definition) is 0. The Morgan fingerprint density at radius 3 is 2.00 bits per heavy atom. The highest BCUT2D eigenvalue weighted by Gasteiger charge is 2.16. The number of rotatable bonds is 1. The summed E-state index contributed by atoms with van der Waals surface area (Å²) < 4.78 is 0. The molecular formula is C14H29N. The second kappa shape index (κ2) is 7.27. The van der Waals surface area contributed by atoms with Gasteiger partial charge in [0.2, 0.25) is 0 Å². The molecule has 1 fully saturated rings. The Balaban J connectivity index is 2.43. The summed E-state index contributed by atoms with van der Waals surface area (Å²) >= 11 is 0. The lowest BCUT2D eigenvalue weighted by atomic mass is 10.1. The maximum Gasteiger partial charge on any atom is 0.00696 e. The van der Waals surface area contributed by atoms with E-state index in [4.69, 9.17) is 0 Å². The van der Waals surface area contributed by atoms with Crippen LogP contribution in [0.3, 0.4) is 0 Å². The van der Waals surface area contributed by atoms with Gasteiger partial charge in [0.05, 0.1) is 0 Å². The van der Waals surface area contributed by atoms with E-state index in [0.29, 0.717) is 0 Å². The SMILES string of the molecule is CC(C)N1CCCCCCCCCC1C. The molecule has 1 rings (SSSR count). The Bertz CT molecular complexity index is 153. The second-order valence-electron chi connectivity index (χ2n) is 5.44. The van der Waals surface area contributed by atoms with E-state index in [0.717, 1.165) is 12.1 Å². The molecular weight excluding hydrogens is 182 g/mol. The third-order valence-electron chi connectivity index (χ3n) is 3.77. The Morgan fingerprint density at radius 2 is 1.40 bits per heavy atom. The molecule has 1 saturated heterocycles. The Labute approximate surface area is 96.2 Å². The molecule has 1 heteroatoms. The molecule has 15 heavy (non-hydrogen) atoms. The molecule has 0 aromatic heterocycles. The van der Waals surface area contributed by atoms with E-state index in [2.05, 4.69) is 25.7 Å². The minimum absolute atomic E-state index is 0.723. The van der Waals surface area contributed by atoms with E-state index in [9.17, 15) is 0 Å². The zero-order valence-electron chi connectivity index (χ0n) is 11.0. The molecule has 0 saturated carbocycles. The van der Waals surface area contributed by atoms with Crippen LogP contribution in [0, 0.1) is 0 Å². The monoisotopic (exact) mass is 211 g/mol. The van der Waals surface area contributed by atoms with Crippen LogP contribution in [0.25, 0.3) is 0 Å². The highest BCUT2D eigenvalue weighted by Crippen LogP contribution is 2.17. The van der Waals surface area contributed by atoms with Crippen LogP contribution >= 0.6 is 0 Å². The van der Waals surface area contributed by atoms with Crippen LogP contribution in [0.1, 0.15) is 72.1 Å². The van der Waals surface area contributed by atoms with Gasteiger partial charge in [-0.25, -0.2) is 0 Å². The van der Waals surface area contributed by atoms with Gasteiger partial charge in [0.15, 0.2) is 0 Å². The summed E-state index contributed by atoms with van der Waals surface area (Å²) in [4.78, 5) is 2.70. The topological polar surface area (TPSA) is 3.24 Å². The molecule has 0 aromatic rings. The molecule has 0 aliphatic carbocycles. The molecule has 1 atom stereocenters. The van der Waals surface area contributed by atoms with Gasteiger partial charge in [0, 0.05) is 12.1 Å². The summed E-state index contributed by atoms with van der Waals surface area (Å²) in [5.41, 5.74) is 0. The molecule has 0 radical (unpaired) electrons. The normalized spacial score (nSPS) is 27.6. The highest BCUT2D eigenvalue weighted by atomic mass is 15.2. The van der Waals surface area contributed by atoms with E-state index in [1.807, 2.05) is 0 Å². The van der Waals surface area contributed by atoms with Crippen LogP contribution in [0.15, 0.2) is 0 Å². The fourth-order valence-electron chi connectivity index (χ4n) is 2.77. The molecule has 0 spiro atoms. The molecule has 0 N–H and O–H groups in total. The van der Waals surface area contributed by atoms with E-state index in [1.54, 1.807) is 0 Å². The smallest absolute Gasteiger partial charge is 0.00696 e. The van der Waals surface area contributed by atoms with Crippen LogP contribution in [-0.2, 0) is 0 Å². The molecule has 90 valence electrons. The van der Waals surface area contributed by atoms with Crippen molar-refractivity contribution in [2.45, 2.75) is 84.2 Å². The van der Waals surface area contributed by atoms with Gasteiger partial charge in [0.1, 0.15) is 0 Å². The molecule has 1 aliphatic heterocycles. The highest BCUT2D eigenvalue weighted by molar-refractivity contribution is 4.71. The van der Waals surface area contributed by atoms with Crippen molar-refractivity contribution in [2.24, 2.45) is 0 Å². The van der Waals surface area contributed by atoms with Crippen LogP contribution in [0.4, 0.5) is 0 Å². The summed E-state index contributed by atoms with van der Waals surface area (Å²) in [6, 6.07) is 1.52. The first kappa shape index (κ1) is 13.0. The first-order valence-electron chi connectivity index (χ1n) is 6.97. The summed E-state index contributed by atoms with van der Waals surface area (Å²) in [6.45, 7) is 8.42. The van der Waals surface area contributed by atoms with Crippen molar-refractivity contribution < 1.29 is 0 Å². The van der Waals surface area contributed by atoms with Gasteiger partial charge in [-0.1, -0.05) is 38.5 Å². The fourth-order valence-corrected chi connectivity index (χ4v) is 2.77. The number of nitrogens with zero attached hydrogens (tertiary/aromatic N) is 1. The average Bonchev–Trinajstić information content (AvgIpc) is 2.23. The van der Waals surface area contributed by atoms with E-state index < -0.39 is 0 Å². The molecule has 1 aliphatic rings. The third kappa shape index (κ3) is 5.01. The van der Waals surface area contributed by atoms with Crippen molar-refractivity contribution >= 4 is 0 Å². The van der Waals surface area contributed by atoms with Gasteiger partial charge in [-0.2, -0.15) is 0 Å². The van der Waals surface area contributed by atoms with E-state index in [1.165, 1.54) is 57.9 Å². The first-order valence-corrected chi connectivity index (χ1v) is 6.97. The standard InChI is InChI=1S/C14H29N/c1-13(2)15-12-10-8-6-4-5-7-9-11-14(15)3/h13-14H,4-12H2,1-3H3. The predicted octanol–water partition coefficient (Wildman–Crippen LogP) is 4.22. The third-order valence-corrected chi connectivity index (χ3v) is 3.77. The van der Waals surface area contributed by atoms with E-state index in [-0.39, 0.29) is 0 Å². The van der Waals surface area contributed by atoms with Crippen molar-refractivity contribution in [3.05, 3.63) is 0 Å². The fraction of sp³-hybridized carbons (Fsp3) is 1.00. The van der Waals surface area contributed by atoms with E-state index >= 15 is 0 Å². The van der Waals surface area contributed by atoms with Crippen molar-refractivity contribution in [2.75, 3.05) is 6.54 Å². The summed E-state index contributed by atoms with van der Waals surface area (Å²) in [5, 5.41) is 0. The summed E-state index contributed by atoms with van der Waals surface area (Å²) in [5.74, 6) is 0. The van der Waals surface area contributed by atoms with Gasteiger partial charge in [-0.05, 0) is 40.2 Å². The molecule has 1 unspecified atom stereocenters. The minimum atomic E-state index is 0.723. The van der Waals surface area contributed by atoms with Crippen molar-refractivity contribution in [3.63, 3.8) is 0 Å². The van der Waals surface area contributed by atoms with Gasteiger partial charge in [-0.3, -0.25) is 4.90 Å². The molecule has 1 heterocycles. The van der Waals surface area contributed by atoms with Gasteiger partial charge >= 0.3 is 0 Å². The van der Waals surface area contributed by atoms with Crippen LogP contribution in [0.2, 0.25) is 0 Å². The van der Waals surface area contributed by atoms with Crippen molar-refractivity contribution in [1.82, 2.24) is 4.90 Å². The molecule has 0 amide bonds. The van der Waals surface area contributed by atoms with Crippen molar-refractivity contribution in [1.29, 1.82) is 0 Å². The maximum atomic E-state index is 2.70.